The summed E-state index contributed by atoms with van der Waals surface area (Å²) in [4.78, 5) is 24.5. The molecule has 0 spiro atoms. The largest absolute Gasteiger partial charge is 0.455 e. The minimum absolute atomic E-state index is 0.0814. The zero-order valence-corrected chi connectivity index (χ0v) is 16.5. The van der Waals surface area contributed by atoms with E-state index in [4.69, 9.17) is 9.88 Å². The fraction of sp³-hybridized carbons (Fsp3) is 0.222. The molecular formula is C18H20N2O5S2. The van der Waals surface area contributed by atoms with Crippen LogP contribution in [0.5, 0.6) is 0 Å². The molecule has 9 heteroatoms. The highest BCUT2D eigenvalue weighted by Crippen LogP contribution is 2.23. The molecule has 0 saturated heterocycles. The van der Waals surface area contributed by atoms with E-state index in [2.05, 4.69) is 5.32 Å². The third kappa shape index (κ3) is 6.70. The Balaban J connectivity index is 1.82. The number of aryl methyl sites for hydroxylation is 2. The van der Waals surface area contributed by atoms with Gasteiger partial charge in [-0.05, 0) is 43.7 Å². The molecule has 0 fully saturated rings. The smallest absolute Gasteiger partial charge is 0.316 e. The van der Waals surface area contributed by atoms with E-state index in [1.807, 2.05) is 32.0 Å². The predicted molar refractivity (Wildman–Crippen MR) is 104 cm³/mol. The maximum absolute atomic E-state index is 11.9. The van der Waals surface area contributed by atoms with E-state index in [-0.39, 0.29) is 16.3 Å². The molecule has 1 amide bonds. The average Bonchev–Trinajstić information content (AvgIpc) is 2.58. The van der Waals surface area contributed by atoms with Crippen LogP contribution >= 0.6 is 11.8 Å². The van der Waals surface area contributed by atoms with E-state index >= 15 is 0 Å². The van der Waals surface area contributed by atoms with Crippen LogP contribution in [-0.4, -0.2) is 32.7 Å². The van der Waals surface area contributed by atoms with Crippen molar-refractivity contribution in [1.82, 2.24) is 0 Å². The number of hydrogen-bond donors (Lipinski definition) is 2. The number of amides is 1. The maximum atomic E-state index is 11.9. The van der Waals surface area contributed by atoms with E-state index in [0.29, 0.717) is 0 Å². The Bertz CT molecular complexity index is 958. The lowest BCUT2D eigenvalue weighted by molar-refractivity contribution is -0.144. The molecule has 27 heavy (non-hydrogen) atoms. The number of primary sulfonamides is 1. The number of sulfonamides is 1. The molecule has 0 aliphatic carbocycles. The Morgan fingerprint density at radius 1 is 1.15 bits per heavy atom. The summed E-state index contributed by atoms with van der Waals surface area (Å²) in [6.45, 7) is 3.49. The molecule has 0 aromatic heterocycles. The van der Waals surface area contributed by atoms with E-state index < -0.39 is 28.5 Å². The molecular weight excluding hydrogens is 388 g/mol. The first-order valence-corrected chi connectivity index (χ1v) is 10.5. The lowest BCUT2D eigenvalue weighted by atomic mass is 10.2. The molecule has 7 nitrogen and oxygen atoms in total. The minimum atomic E-state index is -3.87. The second kappa shape index (κ2) is 9.03. The average molecular weight is 409 g/mol. The number of benzene rings is 2. The maximum Gasteiger partial charge on any atom is 0.316 e. The Morgan fingerprint density at radius 3 is 2.56 bits per heavy atom. The number of nitrogens with one attached hydrogen (secondary N) is 1. The molecule has 2 rings (SSSR count). The highest BCUT2D eigenvalue weighted by atomic mass is 32.2. The lowest BCUT2D eigenvalue weighted by Gasteiger charge is -2.08. The first kappa shape index (κ1) is 20.9. The standard InChI is InChI=1S/C18H20N2O5S2/c1-12-6-7-16(13(2)8-12)26-11-18(22)25-10-17(21)20-14-4-3-5-15(9-14)27(19,23)24/h3-9H,10-11H2,1-2H3,(H,20,21)(H2,19,23,24). The van der Waals surface area contributed by atoms with Crippen LogP contribution in [0.4, 0.5) is 5.69 Å². The SMILES string of the molecule is Cc1ccc(SCC(=O)OCC(=O)Nc2cccc(S(N)(=O)=O)c2)c(C)c1. The second-order valence-electron chi connectivity index (χ2n) is 5.84. The molecule has 0 radical (unpaired) electrons. The number of thioether (sulfide) groups is 1. The summed E-state index contributed by atoms with van der Waals surface area (Å²) in [6, 6.07) is 11.4. The van der Waals surface area contributed by atoms with Crippen LogP contribution in [0, 0.1) is 13.8 Å². The lowest BCUT2D eigenvalue weighted by Crippen LogP contribution is -2.22. The molecule has 3 N–H and O–H groups in total. The third-order valence-corrected chi connectivity index (χ3v) is 5.55. The van der Waals surface area contributed by atoms with Gasteiger partial charge in [-0.2, -0.15) is 0 Å². The molecule has 0 unspecified atom stereocenters. The highest BCUT2D eigenvalue weighted by molar-refractivity contribution is 8.00. The van der Waals surface area contributed by atoms with Gasteiger partial charge in [0.15, 0.2) is 6.61 Å². The van der Waals surface area contributed by atoms with E-state index in [0.717, 1.165) is 16.0 Å². The normalized spacial score (nSPS) is 11.1. The van der Waals surface area contributed by atoms with Gasteiger partial charge in [-0.25, -0.2) is 13.6 Å². The first-order chi connectivity index (χ1) is 12.6. The van der Waals surface area contributed by atoms with Gasteiger partial charge in [-0.1, -0.05) is 23.8 Å². The molecule has 0 aliphatic heterocycles. The molecule has 0 heterocycles. The molecule has 0 atom stereocenters. The minimum Gasteiger partial charge on any atom is -0.455 e. The quantitative estimate of drug-likeness (QED) is 0.536. The summed E-state index contributed by atoms with van der Waals surface area (Å²) in [5, 5.41) is 7.50. The Morgan fingerprint density at radius 2 is 1.89 bits per heavy atom. The third-order valence-electron chi connectivity index (χ3n) is 3.49. The predicted octanol–water partition coefficient (Wildman–Crippen LogP) is 2.22. The van der Waals surface area contributed by atoms with Crippen molar-refractivity contribution in [2.24, 2.45) is 5.14 Å². The van der Waals surface area contributed by atoms with Crippen LogP contribution < -0.4 is 10.5 Å². The fourth-order valence-corrected chi connectivity index (χ4v) is 3.60. The summed E-state index contributed by atoms with van der Waals surface area (Å²) in [6.07, 6.45) is 0. The van der Waals surface area contributed by atoms with Crippen LogP contribution in [0.2, 0.25) is 0 Å². The van der Waals surface area contributed by atoms with Crippen molar-refractivity contribution in [2.75, 3.05) is 17.7 Å². The molecule has 0 saturated carbocycles. The number of hydrogen-bond acceptors (Lipinski definition) is 6. The van der Waals surface area contributed by atoms with Crippen molar-refractivity contribution in [3.05, 3.63) is 53.6 Å². The summed E-state index contributed by atoms with van der Waals surface area (Å²) in [7, 11) is -3.87. The Hall–Kier alpha value is -2.36. The van der Waals surface area contributed by atoms with Gasteiger partial charge in [0, 0.05) is 10.6 Å². The van der Waals surface area contributed by atoms with Gasteiger partial charge in [0.2, 0.25) is 10.0 Å². The van der Waals surface area contributed by atoms with Gasteiger partial charge in [0.25, 0.3) is 5.91 Å². The van der Waals surface area contributed by atoms with Crippen LogP contribution in [0.3, 0.4) is 0 Å². The van der Waals surface area contributed by atoms with Crippen molar-refractivity contribution in [2.45, 2.75) is 23.6 Å². The molecule has 144 valence electrons. The summed E-state index contributed by atoms with van der Waals surface area (Å²) in [5.41, 5.74) is 2.45. The summed E-state index contributed by atoms with van der Waals surface area (Å²) >= 11 is 1.34. The van der Waals surface area contributed by atoms with Crippen LogP contribution in [0.15, 0.2) is 52.3 Å². The highest BCUT2D eigenvalue weighted by Gasteiger charge is 2.12. The summed E-state index contributed by atoms with van der Waals surface area (Å²) in [5.74, 6) is -1.02. The van der Waals surface area contributed by atoms with Crippen molar-refractivity contribution in [3.8, 4) is 0 Å². The number of esters is 1. The summed E-state index contributed by atoms with van der Waals surface area (Å²) < 4.78 is 27.6. The van der Waals surface area contributed by atoms with E-state index in [9.17, 15) is 18.0 Å². The molecule has 2 aromatic rings. The van der Waals surface area contributed by atoms with Crippen LogP contribution in [-0.2, 0) is 24.3 Å². The van der Waals surface area contributed by atoms with Gasteiger partial charge >= 0.3 is 5.97 Å². The van der Waals surface area contributed by atoms with Crippen LogP contribution in [0.25, 0.3) is 0 Å². The number of carbonyl (C=O) groups is 2. The first-order valence-electron chi connectivity index (χ1n) is 7.93. The molecule has 0 bridgehead atoms. The number of rotatable bonds is 7. The van der Waals surface area contributed by atoms with Gasteiger partial charge in [-0.3, -0.25) is 9.59 Å². The van der Waals surface area contributed by atoms with Gasteiger partial charge in [-0.15, -0.1) is 11.8 Å². The number of anilines is 1. The van der Waals surface area contributed by atoms with Crippen molar-refractivity contribution in [1.29, 1.82) is 0 Å². The number of carbonyl (C=O) groups excluding carboxylic acids is 2. The zero-order chi connectivity index (χ0) is 20.0. The second-order valence-corrected chi connectivity index (χ2v) is 8.42. The van der Waals surface area contributed by atoms with Gasteiger partial charge < -0.3 is 10.1 Å². The topological polar surface area (TPSA) is 116 Å². The number of nitrogens with two attached hydrogens (primary N) is 1. The van der Waals surface area contributed by atoms with Crippen molar-refractivity contribution in [3.63, 3.8) is 0 Å². The Kier molecular flexibility index (Phi) is 7.00. The molecule has 2 aromatic carbocycles. The Labute approximate surface area is 162 Å². The molecule has 0 aliphatic rings. The van der Waals surface area contributed by atoms with Gasteiger partial charge in [0.05, 0.1) is 10.6 Å². The van der Waals surface area contributed by atoms with E-state index in [1.165, 1.54) is 36.0 Å². The monoisotopic (exact) mass is 408 g/mol. The van der Waals surface area contributed by atoms with Crippen molar-refractivity contribution < 1.29 is 22.7 Å². The van der Waals surface area contributed by atoms with Gasteiger partial charge in [0.1, 0.15) is 0 Å². The number of ether oxygens (including phenoxy) is 1. The van der Waals surface area contributed by atoms with E-state index in [1.54, 1.807) is 0 Å². The van der Waals surface area contributed by atoms with Crippen molar-refractivity contribution >= 4 is 39.3 Å². The zero-order valence-electron chi connectivity index (χ0n) is 14.9. The van der Waals surface area contributed by atoms with Crippen LogP contribution in [0.1, 0.15) is 11.1 Å². The fourth-order valence-electron chi connectivity index (χ4n) is 2.23.